The molecule has 1 aliphatic carbocycles. The van der Waals surface area contributed by atoms with Crippen molar-refractivity contribution in [2.75, 3.05) is 26.2 Å². The van der Waals surface area contributed by atoms with Crippen LogP contribution in [0.15, 0.2) is 5.38 Å². The van der Waals surface area contributed by atoms with Crippen molar-refractivity contribution in [1.82, 2.24) is 14.8 Å². The second-order valence-corrected chi connectivity index (χ2v) is 8.20. The lowest BCUT2D eigenvalue weighted by atomic mass is 9.76. The largest absolute Gasteiger partial charge is 0.341 e. The molecule has 3 fully saturated rings. The van der Waals surface area contributed by atoms with Crippen LogP contribution in [0.1, 0.15) is 36.4 Å². The van der Waals surface area contributed by atoms with Crippen molar-refractivity contribution in [2.45, 2.75) is 39.2 Å². The van der Waals surface area contributed by atoms with Crippen LogP contribution in [-0.2, 0) is 11.3 Å². The Morgan fingerprint density at radius 3 is 2.86 bits per heavy atom. The highest BCUT2D eigenvalue weighted by molar-refractivity contribution is 7.09. The van der Waals surface area contributed by atoms with Crippen LogP contribution in [0.2, 0.25) is 0 Å². The number of aryl methyl sites for hydroxylation is 1. The van der Waals surface area contributed by atoms with Crippen molar-refractivity contribution in [3.63, 3.8) is 0 Å². The van der Waals surface area contributed by atoms with Gasteiger partial charge in [0.15, 0.2) is 0 Å². The Hall–Kier alpha value is -0.940. The van der Waals surface area contributed by atoms with E-state index in [1.54, 1.807) is 11.3 Å². The lowest BCUT2D eigenvalue weighted by molar-refractivity contribution is -0.150. The van der Waals surface area contributed by atoms with Crippen molar-refractivity contribution in [2.24, 2.45) is 11.3 Å². The molecule has 2 aliphatic heterocycles. The summed E-state index contributed by atoms with van der Waals surface area (Å²) in [7, 11) is 0. The highest BCUT2D eigenvalue weighted by Crippen LogP contribution is 2.42. The Morgan fingerprint density at radius 1 is 1.43 bits per heavy atom. The van der Waals surface area contributed by atoms with E-state index >= 15 is 0 Å². The van der Waals surface area contributed by atoms with Crippen LogP contribution in [0.25, 0.3) is 0 Å². The molecule has 5 heteroatoms. The highest BCUT2D eigenvalue weighted by atomic mass is 32.1. The van der Waals surface area contributed by atoms with E-state index in [9.17, 15) is 4.79 Å². The molecule has 3 heterocycles. The number of nitrogens with zero attached hydrogens (tertiary/aromatic N) is 3. The summed E-state index contributed by atoms with van der Waals surface area (Å²) in [4.78, 5) is 21.4. The molecule has 4 nitrogen and oxygen atoms in total. The Labute approximate surface area is 130 Å². The predicted molar refractivity (Wildman–Crippen MR) is 83.1 cm³/mol. The summed E-state index contributed by atoms with van der Waals surface area (Å²) in [5, 5.41) is 3.33. The summed E-state index contributed by atoms with van der Waals surface area (Å²) in [6.07, 6.45) is 4.73. The number of rotatable bonds is 3. The normalized spacial score (nSPS) is 25.1. The molecule has 3 aliphatic rings. The highest BCUT2D eigenvalue weighted by Gasteiger charge is 2.50. The van der Waals surface area contributed by atoms with E-state index in [0.717, 1.165) is 50.6 Å². The van der Waals surface area contributed by atoms with Crippen molar-refractivity contribution < 1.29 is 4.79 Å². The average Bonchev–Trinajstić information content (AvgIpc) is 2.92. The number of hydrogen-bond donors (Lipinski definition) is 0. The first-order valence-corrected chi connectivity index (χ1v) is 8.94. The summed E-state index contributed by atoms with van der Waals surface area (Å²) in [6.45, 7) is 7.32. The number of hydrogen-bond acceptors (Lipinski definition) is 4. The molecule has 0 atom stereocenters. The molecule has 1 spiro atoms. The smallest absolute Gasteiger partial charge is 0.225 e. The summed E-state index contributed by atoms with van der Waals surface area (Å²) >= 11 is 1.73. The molecular formula is C16H23N3OS. The van der Waals surface area contributed by atoms with E-state index in [-0.39, 0.29) is 0 Å². The van der Waals surface area contributed by atoms with Crippen LogP contribution in [0.4, 0.5) is 0 Å². The predicted octanol–water partition coefficient (Wildman–Crippen LogP) is 2.29. The average molecular weight is 305 g/mol. The summed E-state index contributed by atoms with van der Waals surface area (Å²) in [5.41, 5.74) is 1.60. The van der Waals surface area contributed by atoms with Crippen molar-refractivity contribution in [3.05, 3.63) is 16.1 Å². The van der Waals surface area contributed by atoms with Gasteiger partial charge in [0.25, 0.3) is 0 Å². The van der Waals surface area contributed by atoms with Crippen LogP contribution in [0, 0.1) is 18.3 Å². The van der Waals surface area contributed by atoms with E-state index in [4.69, 9.17) is 0 Å². The number of carbonyl (C=O) groups excluding carboxylic acids is 1. The van der Waals surface area contributed by atoms with Crippen LogP contribution in [0.3, 0.4) is 0 Å². The Kier molecular flexibility index (Phi) is 3.30. The fraction of sp³-hybridized carbons (Fsp3) is 0.750. The fourth-order valence-electron chi connectivity index (χ4n) is 3.96. The molecule has 1 saturated carbocycles. The first kappa shape index (κ1) is 13.7. The van der Waals surface area contributed by atoms with Gasteiger partial charge in [-0.15, -0.1) is 11.3 Å². The number of thiazole rings is 1. The second-order valence-electron chi connectivity index (χ2n) is 7.14. The molecule has 0 radical (unpaired) electrons. The summed E-state index contributed by atoms with van der Waals surface area (Å²) in [6, 6.07) is 0. The third-order valence-electron chi connectivity index (χ3n) is 5.39. The minimum atomic E-state index is 0.359. The lowest BCUT2D eigenvalue weighted by Gasteiger charge is -2.50. The molecule has 0 bridgehead atoms. The Bertz CT molecular complexity index is 545. The number of likely N-dealkylation sites (tertiary alicyclic amines) is 2. The number of aromatic nitrogens is 1. The van der Waals surface area contributed by atoms with E-state index in [0.29, 0.717) is 17.2 Å². The van der Waals surface area contributed by atoms with Gasteiger partial charge >= 0.3 is 0 Å². The zero-order chi connectivity index (χ0) is 14.4. The van der Waals surface area contributed by atoms with E-state index < -0.39 is 0 Å². The van der Waals surface area contributed by atoms with Gasteiger partial charge in [-0.2, -0.15) is 0 Å². The van der Waals surface area contributed by atoms with Crippen LogP contribution >= 0.6 is 11.3 Å². The Morgan fingerprint density at radius 2 is 2.24 bits per heavy atom. The zero-order valence-electron chi connectivity index (χ0n) is 12.7. The molecule has 21 heavy (non-hydrogen) atoms. The first-order valence-electron chi connectivity index (χ1n) is 8.06. The van der Waals surface area contributed by atoms with Gasteiger partial charge in [0.2, 0.25) is 5.91 Å². The van der Waals surface area contributed by atoms with Crippen LogP contribution in [-0.4, -0.2) is 46.9 Å². The molecule has 114 valence electrons. The van der Waals surface area contributed by atoms with Gasteiger partial charge in [0.05, 0.1) is 10.7 Å². The van der Waals surface area contributed by atoms with Crippen LogP contribution < -0.4 is 0 Å². The van der Waals surface area contributed by atoms with E-state index in [1.807, 2.05) is 0 Å². The molecule has 1 aromatic rings. The minimum absolute atomic E-state index is 0.359. The summed E-state index contributed by atoms with van der Waals surface area (Å²) in [5.74, 6) is 0.790. The quantitative estimate of drug-likeness (QED) is 0.859. The molecule has 1 aromatic heterocycles. The topological polar surface area (TPSA) is 36.4 Å². The fourth-order valence-corrected chi connectivity index (χ4v) is 4.57. The number of carbonyl (C=O) groups is 1. The SMILES string of the molecule is Cc1nc(CN2CCC3(C2)CN(C(=O)C2CCC2)C3)cs1. The third kappa shape index (κ3) is 2.50. The van der Waals surface area contributed by atoms with Gasteiger partial charge in [-0.25, -0.2) is 4.98 Å². The van der Waals surface area contributed by atoms with E-state index in [1.165, 1.54) is 18.5 Å². The zero-order valence-corrected chi connectivity index (χ0v) is 13.5. The van der Waals surface area contributed by atoms with Gasteiger partial charge in [-0.3, -0.25) is 9.69 Å². The maximum atomic E-state index is 12.2. The van der Waals surface area contributed by atoms with Gasteiger partial charge in [-0.1, -0.05) is 6.42 Å². The van der Waals surface area contributed by atoms with Crippen molar-refractivity contribution in [1.29, 1.82) is 0 Å². The minimum Gasteiger partial charge on any atom is -0.341 e. The van der Waals surface area contributed by atoms with Gasteiger partial charge in [-0.05, 0) is 32.7 Å². The lowest BCUT2D eigenvalue weighted by Crippen LogP contribution is -2.61. The van der Waals surface area contributed by atoms with Crippen molar-refractivity contribution in [3.8, 4) is 0 Å². The molecule has 0 unspecified atom stereocenters. The third-order valence-corrected chi connectivity index (χ3v) is 6.21. The first-order chi connectivity index (χ1) is 10.1. The van der Waals surface area contributed by atoms with Crippen LogP contribution in [0.5, 0.6) is 0 Å². The monoisotopic (exact) mass is 305 g/mol. The number of amides is 1. The second kappa shape index (κ2) is 5.06. The van der Waals surface area contributed by atoms with Crippen molar-refractivity contribution >= 4 is 17.2 Å². The Balaban J connectivity index is 1.30. The maximum absolute atomic E-state index is 12.2. The molecule has 4 rings (SSSR count). The molecule has 1 amide bonds. The molecule has 0 N–H and O–H groups in total. The van der Waals surface area contributed by atoms with Gasteiger partial charge in [0.1, 0.15) is 0 Å². The molecule has 0 aromatic carbocycles. The molecular weight excluding hydrogens is 282 g/mol. The van der Waals surface area contributed by atoms with Gasteiger partial charge in [0, 0.05) is 42.9 Å². The van der Waals surface area contributed by atoms with E-state index in [2.05, 4.69) is 27.1 Å². The maximum Gasteiger partial charge on any atom is 0.225 e. The molecule has 2 saturated heterocycles. The van der Waals surface area contributed by atoms with Gasteiger partial charge < -0.3 is 4.90 Å². The standard InChI is InChI=1S/C16H23N3OS/c1-12-17-14(8-21-12)7-18-6-5-16(9-18)10-19(11-16)15(20)13-3-2-4-13/h8,13H,2-7,9-11H2,1H3. The summed E-state index contributed by atoms with van der Waals surface area (Å²) < 4.78 is 0.